The molecule has 4 aromatic rings. The van der Waals surface area contributed by atoms with Crippen LogP contribution in [-0.2, 0) is 6.61 Å². The number of methoxy groups -OCH3 is 1. The maximum atomic E-state index is 9.71. The SMILES string of the molecule is COc1cccc(-c2nn3c(CO)c(-c4ccco4)nc3s2)c1. The van der Waals surface area contributed by atoms with Crippen LogP contribution in [-0.4, -0.2) is 26.8 Å². The van der Waals surface area contributed by atoms with Crippen LogP contribution in [0, 0.1) is 0 Å². The molecule has 116 valence electrons. The van der Waals surface area contributed by atoms with Crippen molar-refractivity contribution in [3.63, 3.8) is 0 Å². The molecule has 0 amide bonds. The molecule has 0 bridgehead atoms. The van der Waals surface area contributed by atoms with E-state index >= 15 is 0 Å². The molecule has 0 saturated carbocycles. The summed E-state index contributed by atoms with van der Waals surface area (Å²) in [7, 11) is 1.63. The fraction of sp³-hybridized carbons (Fsp3) is 0.125. The topological polar surface area (TPSA) is 72.8 Å². The number of aliphatic hydroxyl groups is 1. The number of ether oxygens (including phenoxy) is 1. The smallest absolute Gasteiger partial charge is 0.213 e. The van der Waals surface area contributed by atoms with E-state index in [0.717, 1.165) is 16.3 Å². The molecule has 0 spiro atoms. The van der Waals surface area contributed by atoms with Gasteiger partial charge in [-0.2, -0.15) is 5.10 Å². The molecule has 23 heavy (non-hydrogen) atoms. The third kappa shape index (κ3) is 2.30. The standard InChI is InChI=1S/C16H13N3O3S/c1-21-11-5-2-4-10(8-11)15-18-19-12(9-20)14(17-16(19)23-15)13-6-3-7-22-13/h2-8,20H,9H2,1H3. The zero-order valence-electron chi connectivity index (χ0n) is 12.3. The Morgan fingerprint density at radius 2 is 2.22 bits per heavy atom. The predicted molar refractivity (Wildman–Crippen MR) is 86.5 cm³/mol. The average Bonchev–Trinajstić information content (AvgIpc) is 3.29. The van der Waals surface area contributed by atoms with E-state index in [-0.39, 0.29) is 6.61 Å². The highest BCUT2D eigenvalue weighted by molar-refractivity contribution is 7.19. The van der Waals surface area contributed by atoms with Crippen molar-refractivity contribution in [2.45, 2.75) is 6.61 Å². The maximum absolute atomic E-state index is 9.71. The Kier molecular flexibility index (Phi) is 3.36. The zero-order chi connectivity index (χ0) is 15.8. The molecule has 1 N–H and O–H groups in total. The van der Waals surface area contributed by atoms with Crippen LogP contribution in [0.25, 0.3) is 27.0 Å². The van der Waals surface area contributed by atoms with Crippen molar-refractivity contribution < 1.29 is 14.3 Å². The van der Waals surface area contributed by atoms with Crippen molar-refractivity contribution in [2.24, 2.45) is 0 Å². The Morgan fingerprint density at radius 3 is 2.96 bits per heavy atom. The molecule has 1 aromatic carbocycles. The van der Waals surface area contributed by atoms with Gasteiger partial charge in [0, 0.05) is 5.56 Å². The van der Waals surface area contributed by atoms with Crippen LogP contribution in [0.2, 0.25) is 0 Å². The predicted octanol–water partition coefficient (Wildman–Crippen LogP) is 3.22. The highest BCUT2D eigenvalue weighted by Gasteiger charge is 2.19. The van der Waals surface area contributed by atoms with Gasteiger partial charge in [0.1, 0.15) is 22.1 Å². The summed E-state index contributed by atoms with van der Waals surface area (Å²) in [6.07, 6.45) is 1.58. The summed E-state index contributed by atoms with van der Waals surface area (Å²) >= 11 is 1.45. The lowest BCUT2D eigenvalue weighted by molar-refractivity contribution is 0.274. The summed E-state index contributed by atoms with van der Waals surface area (Å²) in [4.78, 5) is 5.26. The molecule has 7 heteroatoms. The van der Waals surface area contributed by atoms with Gasteiger partial charge in [-0.3, -0.25) is 0 Å². The van der Waals surface area contributed by atoms with E-state index < -0.39 is 0 Å². The van der Waals surface area contributed by atoms with Crippen molar-refractivity contribution in [1.82, 2.24) is 14.6 Å². The third-order valence-corrected chi connectivity index (χ3v) is 4.47. The number of imidazole rings is 1. The second-order valence-corrected chi connectivity index (χ2v) is 5.83. The van der Waals surface area contributed by atoms with Gasteiger partial charge in [-0.1, -0.05) is 23.5 Å². The number of fused-ring (bicyclic) bond motifs is 1. The minimum atomic E-state index is -0.168. The molecule has 0 radical (unpaired) electrons. The quantitative estimate of drug-likeness (QED) is 0.623. The number of benzene rings is 1. The molecule has 4 rings (SSSR count). The first kappa shape index (κ1) is 14.0. The summed E-state index contributed by atoms with van der Waals surface area (Å²) in [5.74, 6) is 1.39. The third-order valence-electron chi connectivity index (χ3n) is 3.52. The number of aromatic nitrogens is 3. The van der Waals surface area contributed by atoms with E-state index in [4.69, 9.17) is 9.15 Å². The lowest BCUT2D eigenvalue weighted by atomic mass is 10.2. The van der Waals surface area contributed by atoms with Gasteiger partial charge >= 0.3 is 0 Å². The van der Waals surface area contributed by atoms with Crippen LogP contribution in [0.4, 0.5) is 0 Å². The van der Waals surface area contributed by atoms with Gasteiger partial charge < -0.3 is 14.3 Å². The Balaban J connectivity index is 1.84. The number of nitrogens with zero attached hydrogens (tertiary/aromatic N) is 3. The van der Waals surface area contributed by atoms with E-state index in [2.05, 4.69) is 10.1 Å². The van der Waals surface area contributed by atoms with Crippen LogP contribution in [0.15, 0.2) is 47.1 Å². The van der Waals surface area contributed by atoms with Crippen LogP contribution in [0.3, 0.4) is 0 Å². The lowest BCUT2D eigenvalue weighted by Gasteiger charge is -2.01. The number of furan rings is 1. The van der Waals surface area contributed by atoms with Crippen LogP contribution < -0.4 is 4.74 Å². The fourth-order valence-corrected chi connectivity index (χ4v) is 3.33. The summed E-state index contributed by atoms with van der Waals surface area (Å²) in [5.41, 5.74) is 2.18. The normalized spacial score (nSPS) is 11.2. The molecular formula is C16H13N3O3S. The number of aliphatic hydroxyl groups excluding tert-OH is 1. The second-order valence-electron chi connectivity index (χ2n) is 4.88. The van der Waals surface area contributed by atoms with Gasteiger partial charge in [-0.25, -0.2) is 9.50 Å². The molecule has 0 fully saturated rings. The first-order valence-electron chi connectivity index (χ1n) is 6.97. The Hall–Kier alpha value is -2.64. The van der Waals surface area contributed by atoms with Gasteiger partial charge in [0.25, 0.3) is 0 Å². The molecule has 3 aromatic heterocycles. The van der Waals surface area contributed by atoms with Crippen molar-refractivity contribution in [3.8, 4) is 27.8 Å². The minimum absolute atomic E-state index is 0.168. The zero-order valence-corrected chi connectivity index (χ0v) is 13.1. The molecule has 0 saturated heterocycles. The molecule has 0 atom stereocenters. The molecule has 0 aliphatic carbocycles. The average molecular weight is 327 g/mol. The Labute approximate surface area is 135 Å². The molecule has 0 unspecified atom stereocenters. The van der Waals surface area contributed by atoms with Gasteiger partial charge in [0.15, 0.2) is 5.76 Å². The van der Waals surface area contributed by atoms with Gasteiger partial charge in [-0.05, 0) is 24.3 Å². The molecule has 0 aliphatic rings. The fourth-order valence-electron chi connectivity index (χ4n) is 2.42. The monoisotopic (exact) mass is 327 g/mol. The second kappa shape index (κ2) is 5.53. The van der Waals surface area contributed by atoms with Crippen LogP contribution in [0.5, 0.6) is 5.75 Å². The van der Waals surface area contributed by atoms with Crippen molar-refractivity contribution in [1.29, 1.82) is 0 Å². The number of rotatable bonds is 4. The molecule has 3 heterocycles. The molecule has 6 nitrogen and oxygen atoms in total. The highest BCUT2D eigenvalue weighted by Crippen LogP contribution is 2.32. The number of hydrogen-bond donors (Lipinski definition) is 1. The maximum Gasteiger partial charge on any atom is 0.213 e. The largest absolute Gasteiger partial charge is 0.497 e. The summed E-state index contributed by atoms with van der Waals surface area (Å²) in [5, 5.41) is 15.1. The van der Waals surface area contributed by atoms with E-state index in [1.807, 2.05) is 30.3 Å². The van der Waals surface area contributed by atoms with Gasteiger partial charge in [0.05, 0.1) is 20.0 Å². The van der Waals surface area contributed by atoms with Gasteiger partial charge in [0.2, 0.25) is 4.96 Å². The van der Waals surface area contributed by atoms with Crippen molar-refractivity contribution in [2.75, 3.05) is 7.11 Å². The summed E-state index contributed by atoms with van der Waals surface area (Å²) in [6, 6.07) is 11.3. The summed E-state index contributed by atoms with van der Waals surface area (Å²) < 4.78 is 12.3. The molecule has 0 aliphatic heterocycles. The lowest BCUT2D eigenvalue weighted by Crippen LogP contribution is -1.95. The highest BCUT2D eigenvalue weighted by atomic mass is 32.1. The minimum Gasteiger partial charge on any atom is -0.497 e. The van der Waals surface area contributed by atoms with Crippen molar-refractivity contribution in [3.05, 3.63) is 48.4 Å². The van der Waals surface area contributed by atoms with Crippen molar-refractivity contribution >= 4 is 16.3 Å². The molecular weight excluding hydrogens is 314 g/mol. The Morgan fingerprint density at radius 1 is 1.30 bits per heavy atom. The number of hydrogen-bond acceptors (Lipinski definition) is 6. The summed E-state index contributed by atoms with van der Waals surface area (Å²) in [6.45, 7) is -0.168. The Bertz CT molecular complexity index is 956. The van der Waals surface area contributed by atoms with Crippen LogP contribution in [0.1, 0.15) is 5.69 Å². The van der Waals surface area contributed by atoms with E-state index in [1.165, 1.54) is 11.3 Å². The van der Waals surface area contributed by atoms with E-state index in [9.17, 15) is 5.11 Å². The van der Waals surface area contributed by atoms with E-state index in [1.54, 1.807) is 24.0 Å². The first-order valence-corrected chi connectivity index (χ1v) is 7.79. The first-order chi connectivity index (χ1) is 11.3. The van der Waals surface area contributed by atoms with Gasteiger partial charge in [-0.15, -0.1) is 0 Å². The van der Waals surface area contributed by atoms with Crippen LogP contribution >= 0.6 is 11.3 Å². The van der Waals surface area contributed by atoms with E-state index in [0.29, 0.717) is 22.1 Å².